The van der Waals surface area contributed by atoms with Crippen molar-refractivity contribution in [1.29, 1.82) is 0 Å². The molecule has 0 radical (unpaired) electrons. The van der Waals surface area contributed by atoms with Gasteiger partial charge in [0.05, 0.1) is 0 Å². The molecule has 0 fully saturated rings. The van der Waals surface area contributed by atoms with Crippen molar-refractivity contribution in [2.45, 2.75) is 31.7 Å². The topological polar surface area (TPSA) is 27.6 Å². The van der Waals surface area contributed by atoms with E-state index in [2.05, 4.69) is 78.5 Å². The van der Waals surface area contributed by atoms with Crippen molar-refractivity contribution in [3.63, 3.8) is 0 Å². The molecule has 1 atom stereocenters. The summed E-state index contributed by atoms with van der Waals surface area (Å²) in [5.41, 5.74) is 7.23. The van der Waals surface area contributed by atoms with Crippen molar-refractivity contribution < 1.29 is 5.73 Å². The Morgan fingerprint density at radius 1 is 0.727 bits per heavy atom. The molecule has 0 saturated carbocycles. The number of hydrogen-bond acceptors (Lipinski definition) is 0. The van der Waals surface area contributed by atoms with Gasteiger partial charge in [0.1, 0.15) is 6.04 Å². The zero-order valence-electron chi connectivity index (χ0n) is 13.0. The second-order valence-corrected chi connectivity index (χ2v) is 6.00. The molecule has 0 amide bonds. The van der Waals surface area contributed by atoms with Crippen LogP contribution in [0, 0.1) is 0 Å². The molecule has 0 bridgehead atoms. The molecule has 3 aromatic carbocycles. The molecule has 0 aromatic heterocycles. The molecular formula is C21H24N+. The van der Waals surface area contributed by atoms with Gasteiger partial charge in [0, 0.05) is 12.0 Å². The first kappa shape index (κ1) is 14.8. The zero-order valence-corrected chi connectivity index (χ0v) is 13.0. The summed E-state index contributed by atoms with van der Waals surface area (Å²) in [6.45, 7) is 0. The van der Waals surface area contributed by atoms with Gasteiger partial charge < -0.3 is 5.73 Å². The number of quaternary nitrogens is 1. The van der Waals surface area contributed by atoms with Crippen molar-refractivity contribution in [3.05, 3.63) is 83.9 Å². The molecule has 112 valence electrons. The van der Waals surface area contributed by atoms with Crippen molar-refractivity contribution in [1.82, 2.24) is 0 Å². The maximum absolute atomic E-state index is 4.40. The molecule has 0 unspecified atom stereocenters. The molecule has 0 aliphatic rings. The van der Waals surface area contributed by atoms with Crippen molar-refractivity contribution in [2.24, 2.45) is 0 Å². The van der Waals surface area contributed by atoms with E-state index < -0.39 is 0 Å². The summed E-state index contributed by atoms with van der Waals surface area (Å²) >= 11 is 0. The van der Waals surface area contributed by atoms with Gasteiger partial charge >= 0.3 is 0 Å². The van der Waals surface area contributed by atoms with Crippen LogP contribution in [0.4, 0.5) is 0 Å². The molecule has 3 rings (SSSR count). The van der Waals surface area contributed by atoms with Gasteiger partial charge in [-0.15, -0.1) is 0 Å². The SMILES string of the molecule is [NH3+][C@H](CCCCc1ccccc1)c1cccc2ccccc12. The lowest BCUT2D eigenvalue weighted by molar-refractivity contribution is -0.427. The van der Waals surface area contributed by atoms with Gasteiger partial charge in [-0.3, -0.25) is 0 Å². The average molecular weight is 290 g/mol. The minimum Gasteiger partial charge on any atom is -0.351 e. The number of rotatable bonds is 6. The van der Waals surface area contributed by atoms with Gasteiger partial charge in [-0.25, -0.2) is 0 Å². The van der Waals surface area contributed by atoms with Crippen LogP contribution in [0.2, 0.25) is 0 Å². The average Bonchev–Trinajstić information content (AvgIpc) is 2.59. The predicted molar refractivity (Wildman–Crippen MR) is 93.6 cm³/mol. The Labute approximate surface area is 132 Å². The van der Waals surface area contributed by atoms with Crippen molar-refractivity contribution in [3.8, 4) is 0 Å². The van der Waals surface area contributed by atoms with Crippen LogP contribution in [0.25, 0.3) is 10.8 Å². The monoisotopic (exact) mass is 290 g/mol. The van der Waals surface area contributed by atoms with Crippen LogP contribution in [-0.2, 0) is 6.42 Å². The quantitative estimate of drug-likeness (QED) is 0.646. The Bertz CT molecular complexity index is 713. The molecule has 0 aliphatic heterocycles. The van der Waals surface area contributed by atoms with E-state index >= 15 is 0 Å². The zero-order chi connectivity index (χ0) is 15.2. The Balaban J connectivity index is 1.58. The van der Waals surface area contributed by atoms with E-state index in [4.69, 9.17) is 0 Å². The van der Waals surface area contributed by atoms with E-state index in [-0.39, 0.29) is 0 Å². The van der Waals surface area contributed by atoms with E-state index in [1.165, 1.54) is 41.2 Å². The Hall–Kier alpha value is -2.12. The molecule has 0 heterocycles. The van der Waals surface area contributed by atoms with Gasteiger partial charge in [-0.1, -0.05) is 72.8 Å². The standard InChI is InChI=1S/C21H23N/c22-21(16-7-4-11-17-9-2-1-3-10-17)20-15-8-13-18-12-5-6-14-19(18)20/h1-3,5-6,8-10,12-15,21H,4,7,11,16,22H2/p+1/t21-/m1/s1. The summed E-state index contributed by atoms with van der Waals surface area (Å²) < 4.78 is 0. The van der Waals surface area contributed by atoms with Crippen LogP contribution in [-0.4, -0.2) is 0 Å². The van der Waals surface area contributed by atoms with Gasteiger partial charge in [0.15, 0.2) is 0 Å². The Morgan fingerprint density at radius 3 is 2.32 bits per heavy atom. The molecule has 1 nitrogen and oxygen atoms in total. The summed E-state index contributed by atoms with van der Waals surface area (Å²) in [7, 11) is 0. The summed E-state index contributed by atoms with van der Waals surface area (Å²) in [5.74, 6) is 0. The fourth-order valence-corrected chi connectivity index (χ4v) is 3.13. The molecule has 0 spiro atoms. The van der Waals surface area contributed by atoms with Gasteiger partial charge in [0.2, 0.25) is 0 Å². The maximum atomic E-state index is 4.40. The third-order valence-electron chi connectivity index (χ3n) is 4.37. The number of hydrogen-bond donors (Lipinski definition) is 1. The van der Waals surface area contributed by atoms with E-state index in [1.807, 2.05) is 0 Å². The maximum Gasteiger partial charge on any atom is 0.111 e. The highest BCUT2D eigenvalue weighted by atomic mass is 14.6. The summed E-state index contributed by atoms with van der Waals surface area (Å²) in [6.07, 6.45) is 4.79. The van der Waals surface area contributed by atoms with E-state index in [0.717, 1.165) is 6.42 Å². The Morgan fingerprint density at radius 2 is 1.45 bits per heavy atom. The lowest BCUT2D eigenvalue weighted by Crippen LogP contribution is -2.53. The number of aryl methyl sites for hydroxylation is 1. The van der Waals surface area contributed by atoms with Gasteiger partial charge in [-0.05, 0) is 35.6 Å². The van der Waals surface area contributed by atoms with Crippen LogP contribution in [0.3, 0.4) is 0 Å². The minimum atomic E-state index is 0.377. The first-order chi connectivity index (χ1) is 10.8. The molecule has 3 aromatic rings. The number of fused-ring (bicyclic) bond motifs is 1. The highest BCUT2D eigenvalue weighted by Crippen LogP contribution is 2.25. The number of unbranched alkanes of at least 4 members (excludes halogenated alkanes) is 1. The molecule has 0 saturated heterocycles. The van der Waals surface area contributed by atoms with E-state index in [0.29, 0.717) is 6.04 Å². The van der Waals surface area contributed by atoms with Crippen LogP contribution in [0.1, 0.15) is 36.4 Å². The fraction of sp³-hybridized carbons (Fsp3) is 0.238. The normalized spacial score (nSPS) is 12.4. The van der Waals surface area contributed by atoms with Crippen molar-refractivity contribution in [2.75, 3.05) is 0 Å². The third kappa shape index (κ3) is 3.55. The predicted octanol–water partition coefficient (Wildman–Crippen LogP) is 4.54. The fourth-order valence-electron chi connectivity index (χ4n) is 3.13. The van der Waals surface area contributed by atoms with Crippen molar-refractivity contribution >= 4 is 10.8 Å². The highest BCUT2D eigenvalue weighted by molar-refractivity contribution is 5.85. The van der Waals surface area contributed by atoms with Crippen LogP contribution in [0.15, 0.2) is 72.8 Å². The first-order valence-corrected chi connectivity index (χ1v) is 8.19. The first-order valence-electron chi connectivity index (χ1n) is 8.19. The van der Waals surface area contributed by atoms with Gasteiger partial charge in [-0.2, -0.15) is 0 Å². The van der Waals surface area contributed by atoms with Crippen LogP contribution >= 0.6 is 0 Å². The second-order valence-electron chi connectivity index (χ2n) is 6.00. The van der Waals surface area contributed by atoms with Crippen LogP contribution < -0.4 is 5.73 Å². The third-order valence-corrected chi connectivity index (χ3v) is 4.37. The summed E-state index contributed by atoms with van der Waals surface area (Å²) in [6, 6.07) is 26.3. The molecule has 3 N–H and O–H groups in total. The lowest BCUT2D eigenvalue weighted by Gasteiger charge is -2.12. The highest BCUT2D eigenvalue weighted by Gasteiger charge is 2.12. The van der Waals surface area contributed by atoms with E-state index in [9.17, 15) is 0 Å². The smallest absolute Gasteiger partial charge is 0.111 e. The van der Waals surface area contributed by atoms with Crippen LogP contribution in [0.5, 0.6) is 0 Å². The largest absolute Gasteiger partial charge is 0.351 e. The van der Waals surface area contributed by atoms with Gasteiger partial charge in [0.25, 0.3) is 0 Å². The number of benzene rings is 3. The van der Waals surface area contributed by atoms with E-state index in [1.54, 1.807) is 0 Å². The second kappa shape index (κ2) is 7.24. The Kier molecular flexibility index (Phi) is 4.87. The molecular weight excluding hydrogens is 266 g/mol. The molecule has 22 heavy (non-hydrogen) atoms. The summed E-state index contributed by atoms with van der Waals surface area (Å²) in [5, 5.41) is 2.67. The molecule has 1 heteroatoms. The lowest BCUT2D eigenvalue weighted by atomic mass is 9.95. The summed E-state index contributed by atoms with van der Waals surface area (Å²) in [4.78, 5) is 0. The molecule has 0 aliphatic carbocycles. The minimum absolute atomic E-state index is 0.377.